The van der Waals surface area contributed by atoms with Crippen LogP contribution < -0.4 is 10.5 Å². The largest absolute Gasteiger partial charge is 0.351 e. The predicted octanol–water partition coefficient (Wildman–Crippen LogP) is -0.184. The summed E-state index contributed by atoms with van der Waals surface area (Å²) in [5.74, 6) is 0. The Morgan fingerprint density at radius 2 is 2.07 bits per heavy atom. The summed E-state index contributed by atoms with van der Waals surface area (Å²) in [6.45, 7) is 0.516. The summed E-state index contributed by atoms with van der Waals surface area (Å²) < 4.78 is 24.6. The van der Waals surface area contributed by atoms with Gasteiger partial charge in [0.25, 0.3) is 0 Å². The zero-order valence-corrected chi connectivity index (χ0v) is 9.59. The van der Waals surface area contributed by atoms with E-state index in [4.69, 9.17) is 5.73 Å². The number of urea groups is 1. The van der Waals surface area contributed by atoms with Crippen LogP contribution in [0.15, 0.2) is 0 Å². The third kappa shape index (κ3) is 4.05. The van der Waals surface area contributed by atoms with Gasteiger partial charge in [0.2, 0.25) is 10.0 Å². The van der Waals surface area contributed by atoms with Crippen molar-refractivity contribution in [2.75, 3.05) is 12.8 Å². The van der Waals surface area contributed by atoms with E-state index in [1.165, 1.54) is 4.90 Å². The average Bonchev–Trinajstić information content (AvgIpc) is 2.26. The van der Waals surface area contributed by atoms with E-state index < -0.39 is 22.2 Å². The van der Waals surface area contributed by atoms with E-state index in [2.05, 4.69) is 4.72 Å². The molecule has 0 aromatic rings. The molecular weight excluding hydrogens is 218 g/mol. The van der Waals surface area contributed by atoms with Crippen LogP contribution >= 0.6 is 0 Å². The van der Waals surface area contributed by atoms with Crippen molar-refractivity contribution in [3.05, 3.63) is 0 Å². The van der Waals surface area contributed by atoms with Gasteiger partial charge in [0, 0.05) is 6.54 Å². The maximum atomic E-state index is 11.1. The molecule has 7 heteroatoms. The zero-order chi connectivity index (χ0) is 11.5. The minimum absolute atomic E-state index is 0.486. The number of rotatable bonds is 2. The first-order chi connectivity index (χ1) is 6.90. The van der Waals surface area contributed by atoms with E-state index in [0.29, 0.717) is 13.0 Å². The number of hydrogen-bond donors (Lipinski definition) is 2. The van der Waals surface area contributed by atoms with E-state index >= 15 is 0 Å². The van der Waals surface area contributed by atoms with Crippen LogP contribution in [0.4, 0.5) is 4.79 Å². The van der Waals surface area contributed by atoms with Crippen molar-refractivity contribution in [3.63, 3.8) is 0 Å². The molecule has 88 valence electrons. The zero-order valence-electron chi connectivity index (χ0n) is 8.77. The Morgan fingerprint density at radius 1 is 1.40 bits per heavy atom. The fourth-order valence-corrected chi connectivity index (χ4v) is 2.48. The molecule has 3 N–H and O–H groups in total. The molecule has 2 amide bonds. The molecule has 15 heavy (non-hydrogen) atoms. The summed E-state index contributed by atoms with van der Waals surface area (Å²) in [6, 6.07) is -0.571. The Kier molecular flexibility index (Phi) is 3.92. The molecule has 0 aromatic heterocycles. The first-order valence-corrected chi connectivity index (χ1v) is 6.82. The number of likely N-dealkylation sites (tertiary alicyclic amines) is 1. The van der Waals surface area contributed by atoms with Crippen LogP contribution in [-0.2, 0) is 10.0 Å². The molecule has 1 heterocycles. The minimum Gasteiger partial charge on any atom is -0.351 e. The smallest absolute Gasteiger partial charge is 0.316 e. The van der Waals surface area contributed by atoms with Gasteiger partial charge in [-0.05, 0) is 19.3 Å². The van der Waals surface area contributed by atoms with E-state index in [9.17, 15) is 13.2 Å². The molecular formula is C8H17N3O3S. The lowest BCUT2D eigenvalue weighted by atomic mass is 10.2. The maximum Gasteiger partial charge on any atom is 0.316 e. The summed E-state index contributed by atoms with van der Waals surface area (Å²) in [6.07, 6.45) is 3.97. The van der Waals surface area contributed by atoms with Crippen molar-refractivity contribution in [1.82, 2.24) is 9.62 Å². The standard InChI is InChI=1S/C8H17N3O3S/c1-15(13,14)10-7-5-3-2-4-6-11(7)8(9)12/h7,10H,2-6H2,1H3,(H2,9,12). The quantitative estimate of drug-likeness (QED) is 0.695. The fourth-order valence-electron chi connectivity index (χ4n) is 1.74. The number of carbonyl (C=O) groups excluding carboxylic acids is 1. The normalized spacial score (nSPS) is 23.5. The monoisotopic (exact) mass is 235 g/mol. The van der Waals surface area contributed by atoms with Gasteiger partial charge < -0.3 is 10.6 Å². The summed E-state index contributed by atoms with van der Waals surface area (Å²) >= 11 is 0. The molecule has 0 radical (unpaired) electrons. The highest BCUT2D eigenvalue weighted by Gasteiger charge is 2.25. The number of primary amides is 1. The van der Waals surface area contributed by atoms with Gasteiger partial charge in [-0.1, -0.05) is 6.42 Å². The number of sulfonamides is 1. The molecule has 0 aliphatic carbocycles. The SMILES string of the molecule is CS(=O)(=O)NC1CCCCCN1C(N)=O. The molecule has 0 saturated carbocycles. The summed E-state index contributed by atoms with van der Waals surface area (Å²) in [5.41, 5.74) is 5.20. The van der Waals surface area contributed by atoms with Crippen molar-refractivity contribution in [2.45, 2.75) is 31.8 Å². The predicted molar refractivity (Wildman–Crippen MR) is 56.5 cm³/mol. The van der Waals surface area contributed by atoms with E-state index in [1.54, 1.807) is 0 Å². The molecule has 1 saturated heterocycles. The van der Waals surface area contributed by atoms with Gasteiger partial charge >= 0.3 is 6.03 Å². The fraction of sp³-hybridized carbons (Fsp3) is 0.875. The van der Waals surface area contributed by atoms with Crippen LogP contribution in [0.1, 0.15) is 25.7 Å². The highest BCUT2D eigenvalue weighted by Crippen LogP contribution is 2.15. The summed E-state index contributed by atoms with van der Waals surface area (Å²) in [7, 11) is -3.31. The second-order valence-corrected chi connectivity index (χ2v) is 5.57. The lowest BCUT2D eigenvalue weighted by Crippen LogP contribution is -2.51. The highest BCUT2D eigenvalue weighted by atomic mass is 32.2. The van der Waals surface area contributed by atoms with E-state index in [0.717, 1.165) is 25.5 Å². The molecule has 0 bridgehead atoms. The topological polar surface area (TPSA) is 92.5 Å². The van der Waals surface area contributed by atoms with Crippen molar-refractivity contribution >= 4 is 16.1 Å². The molecule has 1 fully saturated rings. The Labute approximate surface area is 89.9 Å². The van der Waals surface area contributed by atoms with Crippen LogP contribution in [0.25, 0.3) is 0 Å². The van der Waals surface area contributed by atoms with Gasteiger partial charge in [-0.2, -0.15) is 4.72 Å². The van der Waals surface area contributed by atoms with Crippen LogP contribution in [-0.4, -0.2) is 38.3 Å². The summed E-state index contributed by atoms with van der Waals surface area (Å²) in [4.78, 5) is 12.5. The lowest BCUT2D eigenvalue weighted by molar-refractivity contribution is 0.181. The van der Waals surface area contributed by atoms with Gasteiger partial charge in [0.15, 0.2) is 0 Å². The second kappa shape index (κ2) is 4.80. The Morgan fingerprint density at radius 3 is 2.60 bits per heavy atom. The highest BCUT2D eigenvalue weighted by molar-refractivity contribution is 7.88. The molecule has 6 nitrogen and oxygen atoms in total. The van der Waals surface area contributed by atoms with Crippen LogP contribution in [0.3, 0.4) is 0 Å². The Balaban J connectivity index is 2.75. The average molecular weight is 235 g/mol. The molecule has 0 aromatic carbocycles. The third-order valence-electron chi connectivity index (χ3n) is 2.39. The Hall–Kier alpha value is -0.820. The third-order valence-corrected chi connectivity index (χ3v) is 3.09. The number of nitrogens with two attached hydrogens (primary N) is 1. The van der Waals surface area contributed by atoms with Gasteiger partial charge in [0.05, 0.1) is 12.4 Å². The van der Waals surface area contributed by atoms with Gasteiger partial charge in [-0.3, -0.25) is 0 Å². The van der Waals surface area contributed by atoms with Crippen LogP contribution in [0.2, 0.25) is 0 Å². The number of hydrogen-bond acceptors (Lipinski definition) is 3. The molecule has 1 unspecified atom stereocenters. The van der Waals surface area contributed by atoms with Crippen LogP contribution in [0.5, 0.6) is 0 Å². The molecule has 0 spiro atoms. The van der Waals surface area contributed by atoms with Gasteiger partial charge in [-0.25, -0.2) is 13.2 Å². The van der Waals surface area contributed by atoms with Crippen molar-refractivity contribution < 1.29 is 13.2 Å². The first-order valence-electron chi connectivity index (χ1n) is 4.93. The van der Waals surface area contributed by atoms with Crippen LogP contribution in [0, 0.1) is 0 Å². The first kappa shape index (κ1) is 12.3. The lowest BCUT2D eigenvalue weighted by Gasteiger charge is -2.28. The van der Waals surface area contributed by atoms with Crippen molar-refractivity contribution in [3.8, 4) is 0 Å². The van der Waals surface area contributed by atoms with E-state index in [1.807, 2.05) is 0 Å². The van der Waals surface area contributed by atoms with Gasteiger partial charge in [0.1, 0.15) is 0 Å². The molecule has 1 aliphatic heterocycles. The minimum atomic E-state index is -3.31. The molecule has 1 atom stereocenters. The van der Waals surface area contributed by atoms with Gasteiger partial charge in [-0.15, -0.1) is 0 Å². The second-order valence-electron chi connectivity index (χ2n) is 3.79. The van der Waals surface area contributed by atoms with E-state index in [-0.39, 0.29) is 0 Å². The maximum absolute atomic E-state index is 11.1. The number of nitrogens with zero attached hydrogens (tertiary/aromatic N) is 1. The summed E-state index contributed by atoms with van der Waals surface area (Å²) in [5, 5.41) is 0. The van der Waals surface area contributed by atoms with Crippen molar-refractivity contribution in [1.29, 1.82) is 0 Å². The number of amides is 2. The number of nitrogens with one attached hydrogen (secondary N) is 1. The number of carbonyl (C=O) groups is 1. The van der Waals surface area contributed by atoms with Crippen molar-refractivity contribution in [2.24, 2.45) is 5.73 Å². The molecule has 1 rings (SSSR count). The molecule has 1 aliphatic rings. The Bertz CT molecular complexity index is 328.